The second-order valence-electron chi connectivity index (χ2n) is 13.8. The number of aryl methyl sites for hydroxylation is 5. The Morgan fingerprint density at radius 2 is 1.44 bits per heavy atom. The Bertz CT molecular complexity index is 2580. The van der Waals surface area contributed by atoms with Crippen LogP contribution < -0.4 is 20.1 Å². The highest BCUT2D eigenvalue weighted by molar-refractivity contribution is 5.69. The van der Waals surface area contributed by atoms with Crippen LogP contribution in [-0.4, -0.2) is 40.3 Å². The first-order valence-corrected chi connectivity index (χ1v) is 18.5. The SMILES string of the molecule is C=C(/C=C\C(=C/C)Oc1cc(C)nc(Cc2cc(Nc3nnc(-c4ccc(Oc5ccnc(C)c5)cc4)[nH]3)ccc2C)c1)c1nnc(Nc2cc(C)cc(C)c2)[nH]1. The van der Waals surface area contributed by atoms with Crippen LogP contribution in [0.3, 0.4) is 0 Å². The first-order valence-electron chi connectivity index (χ1n) is 18.5. The molecule has 4 heterocycles. The number of aromatic nitrogens is 8. The van der Waals surface area contributed by atoms with Crippen LogP contribution in [0.4, 0.5) is 23.3 Å². The van der Waals surface area contributed by atoms with Crippen molar-refractivity contribution in [2.24, 2.45) is 0 Å². The zero-order valence-corrected chi connectivity index (χ0v) is 32.8. The lowest BCUT2D eigenvalue weighted by molar-refractivity contribution is 0.441. The molecule has 7 rings (SSSR count). The van der Waals surface area contributed by atoms with Gasteiger partial charge in [-0.2, -0.15) is 0 Å². The van der Waals surface area contributed by atoms with Gasteiger partial charge in [0.05, 0.1) is 0 Å². The van der Waals surface area contributed by atoms with Gasteiger partial charge in [-0.3, -0.25) is 9.97 Å². The number of nitrogens with one attached hydrogen (secondary N) is 4. The summed E-state index contributed by atoms with van der Waals surface area (Å²) in [6.45, 7) is 16.2. The molecular weight excluding hydrogens is 713 g/mol. The third-order valence-electron chi connectivity index (χ3n) is 8.93. The summed E-state index contributed by atoms with van der Waals surface area (Å²) in [5.41, 5.74) is 10.6. The van der Waals surface area contributed by atoms with Crippen LogP contribution >= 0.6 is 0 Å². The first-order chi connectivity index (χ1) is 27.5. The Morgan fingerprint density at radius 3 is 2.21 bits per heavy atom. The molecule has 0 spiro atoms. The Kier molecular flexibility index (Phi) is 11.3. The molecule has 0 unspecified atom stereocenters. The van der Waals surface area contributed by atoms with Crippen molar-refractivity contribution in [3.8, 4) is 28.6 Å². The minimum absolute atomic E-state index is 0.532. The fraction of sp³-hybridized carbons (Fsp3) is 0.156. The fourth-order valence-corrected chi connectivity index (χ4v) is 6.21. The average Bonchev–Trinajstić information content (AvgIpc) is 3.84. The van der Waals surface area contributed by atoms with E-state index in [1.807, 2.05) is 93.6 Å². The fourth-order valence-electron chi connectivity index (χ4n) is 6.21. The first kappa shape index (κ1) is 38.0. The molecule has 0 radical (unpaired) electrons. The van der Waals surface area contributed by atoms with E-state index in [0.29, 0.717) is 47.0 Å². The molecule has 12 heteroatoms. The maximum absolute atomic E-state index is 6.32. The molecule has 0 aliphatic carbocycles. The van der Waals surface area contributed by atoms with Crippen molar-refractivity contribution in [3.05, 3.63) is 167 Å². The van der Waals surface area contributed by atoms with E-state index in [2.05, 4.69) is 104 Å². The minimum Gasteiger partial charge on any atom is -0.458 e. The van der Waals surface area contributed by atoms with Gasteiger partial charge < -0.3 is 30.1 Å². The van der Waals surface area contributed by atoms with Crippen LogP contribution in [0.5, 0.6) is 17.2 Å². The molecule has 286 valence electrons. The summed E-state index contributed by atoms with van der Waals surface area (Å²) < 4.78 is 12.3. The topological polar surface area (TPSA) is 151 Å². The summed E-state index contributed by atoms with van der Waals surface area (Å²) in [6, 6.07) is 27.7. The zero-order valence-electron chi connectivity index (χ0n) is 32.8. The number of pyridine rings is 2. The molecule has 0 aliphatic heterocycles. The van der Waals surface area contributed by atoms with Crippen molar-refractivity contribution in [2.75, 3.05) is 10.6 Å². The van der Waals surface area contributed by atoms with E-state index in [9.17, 15) is 0 Å². The van der Waals surface area contributed by atoms with Crippen molar-refractivity contribution in [2.45, 2.75) is 48.0 Å². The lowest BCUT2D eigenvalue weighted by Crippen LogP contribution is -2.01. The highest BCUT2D eigenvalue weighted by Gasteiger charge is 2.11. The molecule has 0 aliphatic rings. The number of rotatable bonds is 14. The summed E-state index contributed by atoms with van der Waals surface area (Å²) in [5.74, 6) is 5.06. The number of benzene rings is 3. The van der Waals surface area contributed by atoms with Crippen LogP contribution in [0.2, 0.25) is 0 Å². The van der Waals surface area contributed by atoms with Gasteiger partial charge >= 0.3 is 0 Å². The van der Waals surface area contributed by atoms with E-state index in [1.165, 1.54) is 11.1 Å². The maximum atomic E-state index is 6.32. The zero-order chi connectivity index (χ0) is 39.9. The number of allylic oxidation sites excluding steroid dienone is 4. The number of nitrogens with zero attached hydrogens (tertiary/aromatic N) is 6. The van der Waals surface area contributed by atoms with Gasteiger partial charge in [0.1, 0.15) is 23.0 Å². The third-order valence-corrected chi connectivity index (χ3v) is 8.93. The van der Waals surface area contributed by atoms with E-state index in [0.717, 1.165) is 56.6 Å². The monoisotopic (exact) mass is 756 g/mol. The van der Waals surface area contributed by atoms with E-state index in [1.54, 1.807) is 6.20 Å². The minimum atomic E-state index is 0.532. The molecule has 57 heavy (non-hydrogen) atoms. The predicted octanol–water partition coefficient (Wildman–Crippen LogP) is 10.3. The second kappa shape index (κ2) is 17.0. The largest absolute Gasteiger partial charge is 0.458 e. The van der Waals surface area contributed by atoms with Crippen LogP contribution in [0, 0.1) is 34.6 Å². The average molecular weight is 757 g/mol. The van der Waals surface area contributed by atoms with Gasteiger partial charge in [0.15, 0.2) is 11.6 Å². The standard InChI is InChI=1S/C45H44N10O2/c1-8-38(14-10-30(5)42-50-45(54-52-42)49-36-20-27(2)19-28(3)21-36)56-41-23-32(7)47-37(26-41)25-34-24-35(13-9-29(34)4)48-44-51-43(53-55-44)33-11-15-39(16-12-33)57-40-17-18-46-31(6)22-40/h8-24,26H,5,25H2,1-4,6-7H3,(H2,48,51,53,55)(H2,49,50,52,54)/b14-10-,38-8+. The van der Waals surface area contributed by atoms with Crippen molar-refractivity contribution in [1.29, 1.82) is 0 Å². The smallest absolute Gasteiger partial charge is 0.226 e. The van der Waals surface area contributed by atoms with E-state index in [4.69, 9.17) is 14.5 Å². The van der Waals surface area contributed by atoms with Crippen molar-refractivity contribution >= 4 is 28.8 Å². The molecule has 0 saturated heterocycles. The van der Waals surface area contributed by atoms with E-state index in [-0.39, 0.29) is 0 Å². The number of hydrogen-bond acceptors (Lipinski definition) is 10. The summed E-state index contributed by atoms with van der Waals surface area (Å²) in [4.78, 5) is 15.5. The number of aromatic amines is 2. The normalized spacial score (nSPS) is 11.5. The van der Waals surface area contributed by atoms with Crippen molar-refractivity contribution in [1.82, 2.24) is 40.3 Å². The number of H-pyrrole nitrogens is 2. The molecular formula is C45H44N10O2. The summed E-state index contributed by atoms with van der Waals surface area (Å²) in [5, 5.41) is 23.8. The molecule has 7 aromatic rings. The molecule has 4 aromatic heterocycles. The van der Waals surface area contributed by atoms with Crippen LogP contribution in [0.25, 0.3) is 17.0 Å². The molecule has 0 fully saturated rings. The lowest BCUT2D eigenvalue weighted by atomic mass is 10.0. The van der Waals surface area contributed by atoms with Gasteiger partial charge in [-0.25, -0.2) is 0 Å². The van der Waals surface area contributed by atoms with Crippen LogP contribution in [0.1, 0.15) is 52.1 Å². The Balaban J connectivity index is 0.970. The molecule has 0 bridgehead atoms. The summed E-state index contributed by atoms with van der Waals surface area (Å²) in [6.07, 6.45) is 7.94. The number of ether oxygens (including phenoxy) is 2. The van der Waals surface area contributed by atoms with E-state index < -0.39 is 0 Å². The Labute approximate surface area is 331 Å². The van der Waals surface area contributed by atoms with Gasteiger partial charge in [-0.05, 0) is 137 Å². The molecule has 3 aromatic carbocycles. The Hall–Kier alpha value is -7.34. The summed E-state index contributed by atoms with van der Waals surface area (Å²) in [7, 11) is 0. The van der Waals surface area contributed by atoms with Crippen LogP contribution in [0.15, 0.2) is 122 Å². The Morgan fingerprint density at radius 1 is 0.702 bits per heavy atom. The maximum Gasteiger partial charge on any atom is 0.226 e. The highest BCUT2D eigenvalue weighted by Crippen LogP contribution is 2.27. The van der Waals surface area contributed by atoms with Gasteiger partial charge in [0, 0.05) is 70.4 Å². The summed E-state index contributed by atoms with van der Waals surface area (Å²) >= 11 is 0. The van der Waals surface area contributed by atoms with E-state index >= 15 is 0 Å². The molecule has 4 N–H and O–H groups in total. The quantitative estimate of drug-likeness (QED) is 0.0623. The third kappa shape index (κ3) is 10.1. The second-order valence-corrected chi connectivity index (χ2v) is 13.8. The highest BCUT2D eigenvalue weighted by atomic mass is 16.5. The van der Waals surface area contributed by atoms with Gasteiger partial charge in [-0.15, -0.1) is 20.4 Å². The molecule has 0 atom stereocenters. The van der Waals surface area contributed by atoms with Gasteiger partial charge in [0.2, 0.25) is 11.9 Å². The van der Waals surface area contributed by atoms with Crippen molar-refractivity contribution in [3.63, 3.8) is 0 Å². The van der Waals surface area contributed by atoms with Gasteiger partial charge in [-0.1, -0.05) is 18.7 Å². The number of anilines is 4. The number of hydrogen-bond donors (Lipinski definition) is 4. The van der Waals surface area contributed by atoms with Crippen LogP contribution in [-0.2, 0) is 6.42 Å². The molecule has 0 saturated carbocycles. The molecule has 0 amide bonds. The van der Waals surface area contributed by atoms with Crippen molar-refractivity contribution < 1.29 is 9.47 Å². The predicted molar refractivity (Wildman–Crippen MR) is 225 cm³/mol. The van der Waals surface area contributed by atoms with Gasteiger partial charge in [0.25, 0.3) is 0 Å². The lowest BCUT2D eigenvalue weighted by Gasteiger charge is -2.12. The molecule has 12 nitrogen and oxygen atoms in total.